The normalized spacial score (nSPS) is 15.0. The van der Waals surface area contributed by atoms with Crippen molar-refractivity contribution in [1.82, 2.24) is 9.47 Å². The molecule has 0 aliphatic carbocycles. The van der Waals surface area contributed by atoms with Crippen LogP contribution in [0.2, 0.25) is 5.02 Å². The lowest BCUT2D eigenvalue weighted by atomic mass is 10.1. The molecule has 0 saturated carbocycles. The Morgan fingerprint density at radius 1 is 1.06 bits per heavy atom. The lowest BCUT2D eigenvalue weighted by Gasteiger charge is -2.13. The Balaban J connectivity index is 1.64. The van der Waals surface area contributed by atoms with E-state index in [2.05, 4.69) is 0 Å². The number of thioether (sulfide) groups is 1. The smallest absolute Gasteiger partial charge is 0.293 e. The van der Waals surface area contributed by atoms with Crippen LogP contribution < -0.4 is 0 Å². The minimum absolute atomic E-state index is 0.0355. The van der Waals surface area contributed by atoms with E-state index in [1.54, 1.807) is 36.4 Å². The van der Waals surface area contributed by atoms with Crippen LogP contribution in [-0.4, -0.2) is 25.5 Å². The summed E-state index contributed by atoms with van der Waals surface area (Å²) in [5, 5.41) is 11.3. The predicted molar refractivity (Wildman–Crippen MR) is 130 cm³/mol. The predicted octanol–water partition coefficient (Wildman–Crippen LogP) is 6.20. The van der Waals surface area contributed by atoms with Crippen LogP contribution in [0.3, 0.4) is 0 Å². The number of aryl methyl sites for hydroxylation is 2. The Bertz CT molecular complexity index is 1330. The zero-order valence-corrected chi connectivity index (χ0v) is 19.7. The molecule has 4 rings (SSSR count). The number of aromatic nitrogens is 1. The van der Waals surface area contributed by atoms with Crippen LogP contribution >= 0.6 is 23.4 Å². The molecule has 2 amide bonds. The van der Waals surface area contributed by atoms with E-state index in [0.29, 0.717) is 9.93 Å². The first-order chi connectivity index (χ1) is 15.7. The SMILES string of the molecule is Cc1cc([N+](=O)[O-])ccc1-n1c(C)cc(/C=C2\SC(=O)N(Cc3ccc(Cl)cc3)C2=O)c1C. The Morgan fingerprint density at radius 3 is 2.39 bits per heavy atom. The molecule has 7 nitrogen and oxygen atoms in total. The van der Waals surface area contributed by atoms with E-state index in [9.17, 15) is 19.7 Å². The molecule has 1 aromatic heterocycles. The first-order valence-electron chi connectivity index (χ1n) is 10.1. The summed E-state index contributed by atoms with van der Waals surface area (Å²) in [7, 11) is 0. The fourth-order valence-electron chi connectivity index (χ4n) is 3.86. The molecule has 33 heavy (non-hydrogen) atoms. The van der Waals surface area contributed by atoms with Gasteiger partial charge in [0.05, 0.1) is 16.4 Å². The van der Waals surface area contributed by atoms with Crippen molar-refractivity contribution < 1.29 is 14.5 Å². The van der Waals surface area contributed by atoms with E-state index in [0.717, 1.165) is 45.5 Å². The Labute approximate surface area is 199 Å². The number of carbonyl (C=O) groups is 2. The molecular formula is C24H20ClN3O4S. The second-order valence-electron chi connectivity index (χ2n) is 7.78. The average molecular weight is 482 g/mol. The molecule has 0 radical (unpaired) electrons. The zero-order valence-electron chi connectivity index (χ0n) is 18.2. The number of hydrogen-bond acceptors (Lipinski definition) is 5. The van der Waals surface area contributed by atoms with Crippen LogP contribution in [0.4, 0.5) is 10.5 Å². The summed E-state index contributed by atoms with van der Waals surface area (Å²) in [5.41, 5.74) is 5.03. The maximum Gasteiger partial charge on any atom is 0.293 e. The fraction of sp³-hybridized carbons (Fsp3) is 0.167. The summed E-state index contributed by atoms with van der Waals surface area (Å²) in [4.78, 5) is 37.7. The van der Waals surface area contributed by atoms with Gasteiger partial charge in [-0.25, -0.2) is 0 Å². The Morgan fingerprint density at radius 2 is 1.76 bits per heavy atom. The largest absolute Gasteiger partial charge is 0.318 e. The summed E-state index contributed by atoms with van der Waals surface area (Å²) in [6.07, 6.45) is 1.73. The number of rotatable bonds is 5. The minimum atomic E-state index is -0.419. The van der Waals surface area contributed by atoms with Crippen molar-refractivity contribution >= 4 is 46.3 Å². The van der Waals surface area contributed by atoms with Crippen molar-refractivity contribution in [3.63, 3.8) is 0 Å². The van der Waals surface area contributed by atoms with Gasteiger partial charge in [0, 0.05) is 34.2 Å². The van der Waals surface area contributed by atoms with Gasteiger partial charge >= 0.3 is 0 Å². The summed E-state index contributed by atoms with van der Waals surface area (Å²) in [6.45, 7) is 5.85. The van der Waals surface area contributed by atoms with Gasteiger partial charge in [-0.05, 0) is 79.6 Å². The number of hydrogen-bond donors (Lipinski definition) is 0. The van der Waals surface area contributed by atoms with Gasteiger partial charge in [0.1, 0.15) is 0 Å². The molecule has 1 fully saturated rings. The van der Waals surface area contributed by atoms with E-state index in [-0.39, 0.29) is 23.4 Å². The third-order valence-corrected chi connectivity index (χ3v) is 6.68. The minimum Gasteiger partial charge on any atom is -0.318 e. The van der Waals surface area contributed by atoms with E-state index in [1.165, 1.54) is 17.0 Å². The van der Waals surface area contributed by atoms with Crippen LogP contribution in [0.25, 0.3) is 11.8 Å². The molecule has 1 aliphatic rings. The van der Waals surface area contributed by atoms with Gasteiger partial charge in [0.25, 0.3) is 16.8 Å². The number of carbonyl (C=O) groups excluding carboxylic acids is 2. The summed E-state index contributed by atoms with van der Waals surface area (Å²) < 4.78 is 1.99. The quantitative estimate of drug-likeness (QED) is 0.246. The molecule has 1 aliphatic heterocycles. The van der Waals surface area contributed by atoms with E-state index < -0.39 is 4.92 Å². The highest BCUT2D eigenvalue weighted by molar-refractivity contribution is 8.18. The van der Waals surface area contributed by atoms with Crippen LogP contribution in [0.1, 0.15) is 28.1 Å². The number of halogens is 1. The molecule has 0 atom stereocenters. The zero-order chi connectivity index (χ0) is 23.9. The highest BCUT2D eigenvalue weighted by Crippen LogP contribution is 2.35. The molecule has 3 aromatic rings. The molecule has 1 saturated heterocycles. The van der Waals surface area contributed by atoms with Gasteiger partial charge in [-0.3, -0.25) is 24.6 Å². The maximum atomic E-state index is 12.9. The molecular weight excluding hydrogens is 462 g/mol. The lowest BCUT2D eigenvalue weighted by Crippen LogP contribution is -2.27. The topological polar surface area (TPSA) is 85.4 Å². The number of nitro groups is 1. The number of nitro benzene ring substituents is 1. The van der Waals surface area contributed by atoms with Crippen LogP contribution in [0, 0.1) is 30.9 Å². The average Bonchev–Trinajstić information content (AvgIpc) is 3.19. The van der Waals surface area contributed by atoms with E-state index in [1.807, 2.05) is 31.4 Å². The summed E-state index contributed by atoms with van der Waals surface area (Å²) in [5.74, 6) is -0.337. The maximum absolute atomic E-state index is 12.9. The molecule has 168 valence electrons. The van der Waals surface area contributed by atoms with Gasteiger partial charge in [-0.1, -0.05) is 23.7 Å². The molecule has 0 bridgehead atoms. The standard InChI is InChI=1S/C24H20ClN3O4S/c1-14-10-20(28(31)32)8-9-21(14)27-15(2)11-18(16(27)3)12-22-23(29)26(24(30)33-22)13-17-4-6-19(25)7-5-17/h4-12H,13H2,1-3H3/b22-12-. The molecule has 2 heterocycles. The van der Waals surface area contributed by atoms with Crippen LogP contribution in [0.5, 0.6) is 0 Å². The van der Waals surface area contributed by atoms with Crippen molar-refractivity contribution in [3.05, 3.63) is 96.7 Å². The Hall–Kier alpha value is -3.36. The molecule has 0 unspecified atom stereocenters. The van der Waals surface area contributed by atoms with E-state index in [4.69, 9.17) is 11.6 Å². The first kappa shape index (κ1) is 22.8. The number of benzene rings is 2. The van der Waals surface area contributed by atoms with Gasteiger partial charge in [-0.2, -0.15) is 0 Å². The first-order valence-corrected chi connectivity index (χ1v) is 11.3. The van der Waals surface area contributed by atoms with Crippen LogP contribution in [0.15, 0.2) is 53.4 Å². The highest BCUT2D eigenvalue weighted by atomic mass is 35.5. The molecule has 9 heteroatoms. The van der Waals surface area contributed by atoms with Crippen molar-refractivity contribution in [3.8, 4) is 5.69 Å². The second kappa shape index (κ2) is 8.88. The molecule has 2 aromatic carbocycles. The lowest BCUT2D eigenvalue weighted by molar-refractivity contribution is -0.384. The third kappa shape index (κ3) is 4.44. The Kier molecular flexibility index (Phi) is 6.14. The number of non-ortho nitro benzene ring substituents is 1. The van der Waals surface area contributed by atoms with Crippen molar-refractivity contribution in [2.24, 2.45) is 0 Å². The number of amides is 2. The number of nitrogens with zero attached hydrogens (tertiary/aromatic N) is 3. The van der Waals surface area contributed by atoms with Crippen molar-refractivity contribution in [1.29, 1.82) is 0 Å². The van der Waals surface area contributed by atoms with Gasteiger partial charge in [0.2, 0.25) is 0 Å². The highest BCUT2D eigenvalue weighted by Gasteiger charge is 2.35. The molecule has 0 spiro atoms. The van der Waals surface area contributed by atoms with Crippen molar-refractivity contribution in [2.75, 3.05) is 0 Å². The number of imide groups is 1. The summed E-state index contributed by atoms with van der Waals surface area (Å²) in [6, 6.07) is 13.7. The van der Waals surface area contributed by atoms with Crippen LogP contribution in [-0.2, 0) is 11.3 Å². The van der Waals surface area contributed by atoms with Gasteiger partial charge in [0.15, 0.2) is 0 Å². The summed E-state index contributed by atoms with van der Waals surface area (Å²) >= 11 is 6.83. The monoisotopic (exact) mass is 481 g/mol. The van der Waals surface area contributed by atoms with Gasteiger partial charge < -0.3 is 4.57 Å². The molecule has 0 N–H and O–H groups in total. The second-order valence-corrected chi connectivity index (χ2v) is 9.21. The van der Waals surface area contributed by atoms with Crippen molar-refractivity contribution in [2.45, 2.75) is 27.3 Å². The third-order valence-electron chi connectivity index (χ3n) is 5.52. The fourth-order valence-corrected chi connectivity index (χ4v) is 4.81. The van der Waals surface area contributed by atoms with E-state index >= 15 is 0 Å². The van der Waals surface area contributed by atoms with Gasteiger partial charge in [-0.15, -0.1) is 0 Å².